The molecule has 0 aromatic carbocycles. The van der Waals surface area contributed by atoms with E-state index < -0.39 is 0 Å². The summed E-state index contributed by atoms with van der Waals surface area (Å²) in [5.41, 5.74) is 1.01. The predicted molar refractivity (Wildman–Crippen MR) is 30.7 cm³/mol. The minimum absolute atomic E-state index is 1.01. The third-order valence-electron chi connectivity index (χ3n) is 1.65. The highest BCUT2D eigenvalue weighted by Gasteiger charge is 2.06. The van der Waals surface area contributed by atoms with E-state index in [9.17, 15) is 0 Å². The normalized spacial score (nSPS) is 12.4. The first-order valence-electron chi connectivity index (χ1n) is 2.80. The Morgan fingerprint density at radius 1 is 1.44 bits per heavy atom. The molecule has 0 unspecified atom stereocenters. The Hall–Kier alpha value is -1.38. The van der Waals surface area contributed by atoms with Crippen LogP contribution in [0.25, 0.3) is 5.65 Å². The van der Waals surface area contributed by atoms with Gasteiger partial charge >= 0.3 is 0 Å². The Kier molecular flexibility index (Phi) is 0.344. The van der Waals surface area contributed by atoms with Gasteiger partial charge in [-0.3, -0.25) is 0 Å². The van der Waals surface area contributed by atoms with Crippen LogP contribution in [-0.2, 0) is 0 Å². The van der Waals surface area contributed by atoms with Crippen LogP contribution in [0.2, 0.25) is 0 Å². The maximum Gasteiger partial charge on any atom is 0.164 e. The highest BCUT2D eigenvalue weighted by molar-refractivity contribution is 5.45. The van der Waals surface area contributed by atoms with Crippen LogP contribution in [0.3, 0.4) is 0 Å². The van der Waals surface area contributed by atoms with Crippen molar-refractivity contribution < 1.29 is 0 Å². The number of hydrogen-bond acceptors (Lipinski definition) is 2. The molecule has 0 saturated carbocycles. The smallest absolute Gasteiger partial charge is 0.164 e. The quantitative estimate of drug-likeness (QED) is 0.424. The van der Waals surface area contributed by atoms with Crippen LogP contribution in [0, 0.1) is 10.6 Å². The van der Waals surface area contributed by atoms with E-state index in [1.807, 2.05) is 18.5 Å². The summed E-state index contributed by atoms with van der Waals surface area (Å²) in [5.74, 6) is 0. The lowest BCUT2D eigenvalue weighted by atomic mass is 10.3. The largest absolute Gasteiger partial charge is 0.228 e. The van der Waals surface area contributed by atoms with Crippen molar-refractivity contribution in [3.63, 3.8) is 0 Å². The first-order chi connectivity index (χ1) is 4.45. The molecule has 0 saturated heterocycles. The van der Waals surface area contributed by atoms with Crippen molar-refractivity contribution >= 4 is 5.65 Å². The molecule has 9 heavy (non-hydrogen) atoms. The molecule has 3 heteroatoms. The van der Waals surface area contributed by atoms with Crippen molar-refractivity contribution in [3.05, 3.63) is 29.0 Å². The molecule has 0 aliphatic carbocycles. The van der Waals surface area contributed by atoms with E-state index in [1.54, 1.807) is 4.52 Å². The van der Waals surface area contributed by atoms with Gasteiger partial charge in [0.1, 0.15) is 0 Å². The van der Waals surface area contributed by atoms with E-state index in [0.717, 1.165) is 11.0 Å². The number of aromatic nitrogens is 3. The second-order valence-corrected chi connectivity index (χ2v) is 2.14. The molecule has 0 fully saturated rings. The van der Waals surface area contributed by atoms with E-state index in [1.165, 1.54) is 5.22 Å². The summed E-state index contributed by atoms with van der Waals surface area (Å²) in [7, 11) is 0. The molecule has 42 valence electrons. The molecule has 2 aromatic rings. The summed E-state index contributed by atoms with van der Waals surface area (Å²) in [5, 5.41) is 6.32. The molecular formula is C6H3N3. The molecule has 4 bridgehead atoms. The van der Waals surface area contributed by atoms with Crippen LogP contribution >= 0.6 is 0 Å². The van der Waals surface area contributed by atoms with Crippen molar-refractivity contribution in [1.29, 1.82) is 0 Å². The molecular weight excluding hydrogens is 114 g/mol. The summed E-state index contributed by atoms with van der Waals surface area (Å²) in [6.07, 6.45) is 3.77. The molecule has 0 amide bonds. The number of nitrogens with zero attached hydrogens (tertiary/aromatic N) is 3. The van der Waals surface area contributed by atoms with Crippen LogP contribution in [0.5, 0.6) is 0 Å². The van der Waals surface area contributed by atoms with Crippen LogP contribution in [0.15, 0.2) is 18.5 Å². The lowest BCUT2D eigenvalue weighted by molar-refractivity contribution is 0.928. The van der Waals surface area contributed by atoms with E-state index in [4.69, 9.17) is 0 Å². The first kappa shape index (κ1) is 3.61. The van der Waals surface area contributed by atoms with Crippen molar-refractivity contribution in [1.82, 2.24) is 14.6 Å². The van der Waals surface area contributed by atoms with Crippen molar-refractivity contribution in [2.24, 2.45) is 0 Å². The van der Waals surface area contributed by atoms with Gasteiger partial charge in [0.15, 0.2) is 5.65 Å². The third kappa shape index (κ3) is 0.233. The molecule has 3 nitrogen and oxygen atoms in total. The Labute approximate surface area is 50.3 Å². The average Bonchev–Trinajstić information content (AvgIpc) is 2.06. The molecule has 0 radical (unpaired) electrons. The molecule has 2 aromatic heterocycles. The lowest BCUT2D eigenvalue weighted by Crippen LogP contribution is -1.95. The summed E-state index contributed by atoms with van der Waals surface area (Å²) in [4.78, 5) is 4.16. The van der Waals surface area contributed by atoms with Gasteiger partial charge in [0, 0.05) is 6.20 Å². The van der Waals surface area contributed by atoms with Gasteiger partial charge in [-0.1, -0.05) is 0 Å². The average molecular weight is 117 g/mol. The van der Waals surface area contributed by atoms with Gasteiger partial charge in [-0.25, -0.2) is 9.50 Å². The fourth-order valence-corrected chi connectivity index (χ4v) is 1.15. The number of hydrogen-bond donors (Lipinski definition) is 0. The van der Waals surface area contributed by atoms with Crippen molar-refractivity contribution in [2.75, 3.05) is 0 Å². The monoisotopic (exact) mass is 117 g/mol. The maximum atomic E-state index is 4.16. The van der Waals surface area contributed by atoms with Gasteiger partial charge in [-0.05, 0) is 6.07 Å². The van der Waals surface area contributed by atoms with Gasteiger partial charge in [-0.15, -0.1) is 0 Å². The highest BCUT2D eigenvalue weighted by Crippen LogP contribution is 2.09. The van der Waals surface area contributed by atoms with Gasteiger partial charge in [0.05, 0.1) is 16.8 Å². The van der Waals surface area contributed by atoms with Crippen LogP contribution in [-0.4, -0.2) is 14.6 Å². The number of fused-ring (bicyclic) bond motifs is 1. The van der Waals surface area contributed by atoms with Gasteiger partial charge < -0.3 is 0 Å². The van der Waals surface area contributed by atoms with Crippen LogP contribution < -0.4 is 0 Å². The summed E-state index contributed by atoms with van der Waals surface area (Å²) in [6.45, 7) is 0. The van der Waals surface area contributed by atoms with Gasteiger partial charge in [0.2, 0.25) is 0 Å². The van der Waals surface area contributed by atoms with E-state index in [-0.39, 0.29) is 0 Å². The molecule has 2 aliphatic rings. The molecule has 0 atom stereocenters. The Morgan fingerprint density at radius 2 is 2.44 bits per heavy atom. The summed E-state index contributed by atoms with van der Waals surface area (Å²) < 4.78 is 1.78. The molecule has 4 heterocycles. The SMILES string of the molecule is c1cn2ncc3c2nc1=3. The zero-order chi connectivity index (χ0) is 5.84. The zero-order valence-corrected chi connectivity index (χ0v) is 4.57. The van der Waals surface area contributed by atoms with Crippen molar-refractivity contribution in [2.45, 2.75) is 0 Å². The zero-order valence-electron chi connectivity index (χ0n) is 4.57. The Bertz CT molecular complexity index is 458. The van der Waals surface area contributed by atoms with E-state index >= 15 is 0 Å². The van der Waals surface area contributed by atoms with Crippen LogP contribution in [0.4, 0.5) is 0 Å². The maximum absolute atomic E-state index is 4.16. The Morgan fingerprint density at radius 3 is 3.11 bits per heavy atom. The third-order valence-corrected chi connectivity index (χ3v) is 1.65. The topological polar surface area (TPSA) is 30.2 Å². The summed E-state index contributed by atoms with van der Waals surface area (Å²) in [6, 6.07) is 1.97. The minimum atomic E-state index is 1.01. The second-order valence-electron chi connectivity index (χ2n) is 2.14. The van der Waals surface area contributed by atoms with E-state index in [0.29, 0.717) is 0 Å². The molecule has 0 N–H and O–H groups in total. The number of rotatable bonds is 0. The molecule has 2 aliphatic heterocycles. The van der Waals surface area contributed by atoms with Crippen molar-refractivity contribution in [3.8, 4) is 0 Å². The van der Waals surface area contributed by atoms with Crippen LogP contribution in [0.1, 0.15) is 0 Å². The fourth-order valence-electron chi connectivity index (χ4n) is 1.15. The minimum Gasteiger partial charge on any atom is -0.228 e. The first-order valence-corrected chi connectivity index (χ1v) is 2.80. The molecule has 0 spiro atoms. The fraction of sp³-hybridized carbons (Fsp3) is 0. The summed E-state index contributed by atoms with van der Waals surface area (Å²) >= 11 is 0. The van der Waals surface area contributed by atoms with Gasteiger partial charge in [0.25, 0.3) is 0 Å². The second kappa shape index (κ2) is 0.857. The highest BCUT2D eigenvalue weighted by atomic mass is 15.2. The standard InChI is InChI=1S/C6H3N3/c1-2-9-6-4(3-7-9)5(1)8-6/h1-3H. The lowest BCUT2D eigenvalue weighted by Gasteiger charge is -1.96. The van der Waals surface area contributed by atoms with Gasteiger partial charge in [-0.2, -0.15) is 5.10 Å². The predicted octanol–water partition coefficient (Wildman–Crippen LogP) is 0.330. The Balaban J connectivity index is 3.08. The molecule has 4 rings (SSSR count). The van der Waals surface area contributed by atoms with E-state index in [2.05, 4.69) is 10.1 Å².